The van der Waals surface area contributed by atoms with Crippen LogP contribution in [0.5, 0.6) is 0 Å². The Hall–Kier alpha value is -3.79. The summed E-state index contributed by atoms with van der Waals surface area (Å²) in [5.74, 6) is 0.494. The van der Waals surface area contributed by atoms with Crippen molar-refractivity contribution in [3.05, 3.63) is 103 Å². The lowest BCUT2D eigenvalue weighted by Crippen LogP contribution is -2.13. The maximum absolute atomic E-state index is 12.7. The van der Waals surface area contributed by atoms with Crippen LogP contribution < -0.4 is 10.6 Å². The molecule has 0 aliphatic carbocycles. The average molecular weight is 354 g/mol. The van der Waals surface area contributed by atoms with Crippen LogP contribution in [-0.2, 0) is 0 Å². The van der Waals surface area contributed by atoms with E-state index in [1.165, 1.54) is 0 Å². The van der Waals surface area contributed by atoms with Gasteiger partial charge in [0.15, 0.2) is 0 Å². The lowest BCUT2D eigenvalue weighted by Gasteiger charge is -2.10. The lowest BCUT2D eigenvalue weighted by atomic mass is 10.0. The van der Waals surface area contributed by atoms with Crippen LogP contribution >= 0.6 is 0 Å². The smallest absolute Gasteiger partial charge is 0.256 e. The minimum Gasteiger partial charge on any atom is -0.464 e. The van der Waals surface area contributed by atoms with Crippen molar-refractivity contribution in [2.45, 2.75) is 0 Å². The Balaban J connectivity index is 1.49. The number of nitrogens with one attached hydrogen (secondary N) is 2. The van der Waals surface area contributed by atoms with Crippen molar-refractivity contribution >= 4 is 23.0 Å². The summed E-state index contributed by atoms with van der Waals surface area (Å²) in [6.45, 7) is 0. The molecule has 132 valence electrons. The quantitative estimate of drug-likeness (QED) is 0.466. The van der Waals surface area contributed by atoms with Crippen LogP contribution in [0.15, 0.2) is 102 Å². The molecule has 4 rings (SSSR count). The van der Waals surface area contributed by atoms with E-state index in [9.17, 15) is 4.79 Å². The Kier molecular flexibility index (Phi) is 4.70. The maximum Gasteiger partial charge on any atom is 0.256 e. The molecule has 0 saturated heterocycles. The van der Waals surface area contributed by atoms with E-state index in [0.29, 0.717) is 11.3 Å². The van der Waals surface area contributed by atoms with Crippen LogP contribution in [0.1, 0.15) is 10.4 Å². The van der Waals surface area contributed by atoms with Crippen LogP contribution in [0, 0.1) is 0 Å². The number of hydrogen-bond acceptors (Lipinski definition) is 3. The maximum atomic E-state index is 12.7. The Morgan fingerprint density at radius 1 is 0.667 bits per heavy atom. The molecule has 1 amide bonds. The van der Waals surface area contributed by atoms with Crippen LogP contribution in [-0.4, -0.2) is 5.91 Å². The zero-order valence-electron chi connectivity index (χ0n) is 14.6. The fourth-order valence-corrected chi connectivity index (χ4v) is 2.85. The predicted molar refractivity (Wildman–Crippen MR) is 108 cm³/mol. The van der Waals surface area contributed by atoms with E-state index >= 15 is 0 Å². The zero-order chi connectivity index (χ0) is 18.5. The Morgan fingerprint density at radius 3 is 2.07 bits per heavy atom. The summed E-state index contributed by atoms with van der Waals surface area (Å²) in [7, 11) is 0. The number of carbonyl (C=O) groups excluding carboxylic acids is 1. The van der Waals surface area contributed by atoms with Gasteiger partial charge in [0.1, 0.15) is 5.76 Å². The molecule has 0 saturated carbocycles. The minimum atomic E-state index is -0.175. The highest BCUT2D eigenvalue weighted by molar-refractivity contribution is 6.08. The summed E-state index contributed by atoms with van der Waals surface area (Å²) < 4.78 is 5.44. The number of hydrogen-bond donors (Lipinski definition) is 2. The van der Waals surface area contributed by atoms with Gasteiger partial charge in [0.05, 0.1) is 11.8 Å². The van der Waals surface area contributed by atoms with Gasteiger partial charge in [-0.25, -0.2) is 0 Å². The summed E-state index contributed by atoms with van der Waals surface area (Å²) in [6.07, 6.45) is 1.60. The standard InChI is InChI=1S/C23H18N2O2/c26-23(21-10-5-4-9-20(21)22-11-6-16-27-22)25-19-14-12-18(13-15-19)24-17-7-2-1-3-8-17/h1-16,24H,(H,25,26). The first-order chi connectivity index (χ1) is 13.3. The van der Waals surface area contributed by atoms with Crippen molar-refractivity contribution in [2.75, 3.05) is 10.6 Å². The molecule has 0 atom stereocenters. The molecule has 4 heteroatoms. The van der Waals surface area contributed by atoms with Crippen LogP contribution in [0.4, 0.5) is 17.1 Å². The van der Waals surface area contributed by atoms with Crippen LogP contribution in [0.2, 0.25) is 0 Å². The van der Waals surface area contributed by atoms with Gasteiger partial charge in [-0.2, -0.15) is 0 Å². The first-order valence-electron chi connectivity index (χ1n) is 8.66. The van der Waals surface area contributed by atoms with E-state index in [1.54, 1.807) is 12.3 Å². The molecule has 4 aromatic rings. The highest BCUT2D eigenvalue weighted by Gasteiger charge is 2.14. The van der Waals surface area contributed by atoms with Gasteiger partial charge in [0.25, 0.3) is 5.91 Å². The molecule has 27 heavy (non-hydrogen) atoms. The van der Waals surface area contributed by atoms with E-state index < -0.39 is 0 Å². The van der Waals surface area contributed by atoms with Gasteiger partial charge in [0.2, 0.25) is 0 Å². The van der Waals surface area contributed by atoms with E-state index in [1.807, 2.05) is 84.9 Å². The molecule has 1 aromatic heterocycles. The van der Waals surface area contributed by atoms with Gasteiger partial charge >= 0.3 is 0 Å². The number of anilines is 3. The molecule has 0 unspecified atom stereocenters. The topological polar surface area (TPSA) is 54.3 Å². The monoisotopic (exact) mass is 354 g/mol. The SMILES string of the molecule is O=C(Nc1ccc(Nc2ccccc2)cc1)c1ccccc1-c1ccco1. The number of benzene rings is 3. The lowest BCUT2D eigenvalue weighted by molar-refractivity contribution is 0.102. The fraction of sp³-hybridized carbons (Fsp3) is 0. The summed E-state index contributed by atoms with van der Waals surface area (Å²) in [4.78, 5) is 12.7. The van der Waals surface area contributed by atoms with E-state index in [2.05, 4.69) is 10.6 Å². The third kappa shape index (κ3) is 3.90. The molecule has 0 aliphatic rings. The third-order valence-corrected chi connectivity index (χ3v) is 4.16. The molecule has 0 fully saturated rings. The normalized spacial score (nSPS) is 10.4. The number of para-hydroxylation sites is 1. The Bertz CT molecular complexity index is 1020. The number of carbonyl (C=O) groups is 1. The molecule has 3 aromatic carbocycles. The first-order valence-corrected chi connectivity index (χ1v) is 8.66. The predicted octanol–water partition coefficient (Wildman–Crippen LogP) is 5.94. The largest absolute Gasteiger partial charge is 0.464 e. The number of amides is 1. The molecule has 4 nitrogen and oxygen atoms in total. The molecule has 0 radical (unpaired) electrons. The van der Waals surface area contributed by atoms with Crippen molar-refractivity contribution in [3.63, 3.8) is 0 Å². The van der Waals surface area contributed by atoms with Gasteiger partial charge in [-0.1, -0.05) is 36.4 Å². The van der Waals surface area contributed by atoms with Crippen molar-refractivity contribution < 1.29 is 9.21 Å². The van der Waals surface area contributed by atoms with Gasteiger partial charge in [-0.15, -0.1) is 0 Å². The molecular formula is C23H18N2O2. The van der Waals surface area contributed by atoms with Crippen molar-refractivity contribution in [3.8, 4) is 11.3 Å². The molecule has 0 aliphatic heterocycles. The minimum absolute atomic E-state index is 0.175. The first kappa shape index (κ1) is 16.7. The summed E-state index contributed by atoms with van der Waals surface area (Å²) in [5.41, 5.74) is 4.03. The second-order valence-electron chi connectivity index (χ2n) is 6.05. The van der Waals surface area contributed by atoms with E-state index in [0.717, 1.165) is 22.6 Å². The molecule has 0 bridgehead atoms. The highest BCUT2D eigenvalue weighted by Crippen LogP contribution is 2.25. The zero-order valence-corrected chi connectivity index (χ0v) is 14.6. The van der Waals surface area contributed by atoms with Crippen molar-refractivity contribution in [1.82, 2.24) is 0 Å². The summed E-state index contributed by atoms with van der Waals surface area (Å²) in [6, 6.07) is 28.6. The molecule has 0 spiro atoms. The third-order valence-electron chi connectivity index (χ3n) is 4.16. The van der Waals surface area contributed by atoms with Crippen LogP contribution in [0.25, 0.3) is 11.3 Å². The van der Waals surface area contributed by atoms with Gasteiger partial charge < -0.3 is 15.1 Å². The highest BCUT2D eigenvalue weighted by atomic mass is 16.3. The second-order valence-corrected chi connectivity index (χ2v) is 6.05. The van der Waals surface area contributed by atoms with Gasteiger partial charge in [-0.05, 0) is 54.6 Å². The molecule has 2 N–H and O–H groups in total. The average Bonchev–Trinajstić information content (AvgIpc) is 3.25. The number of rotatable bonds is 5. The summed E-state index contributed by atoms with van der Waals surface area (Å²) in [5, 5.41) is 6.26. The fourth-order valence-electron chi connectivity index (χ4n) is 2.85. The van der Waals surface area contributed by atoms with Gasteiger partial charge in [0, 0.05) is 22.6 Å². The number of furan rings is 1. The van der Waals surface area contributed by atoms with E-state index in [-0.39, 0.29) is 5.91 Å². The summed E-state index contributed by atoms with van der Waals surface area (Å²) >= 11 is 0. The Morgan fingerprint density at radius 2 is 1.33 bits per heavy atom. The van der Waals surface area contributed by atoms with E-state index in [4.69, 9.17) is 4.42 Å². The van der Waals surface area contributed by atoms with Crippen LogP contribution in [0.3, 0.4) is 0 Å². The van der Waals surface area contributed by atoms with Gasteiger partial charge in [-0.3, -0.25) is 4.79 Å². The van der Waals surface area contributed by atoms with Crippen molar-refractivity contribution in [2.24, 2.45) is 0 Å². The van der Waals surface area contributed by atoms with Crippen molar-refractivity contribution in [1.29, 1.82) is 0 Å². The molecule has 1 heterocycles. The second kappa shape index (κ2) is 7.62. The molecular weight excluding hydrogens is 336 g/mol. The Labute approximate surface area is 157 Å².